The van der Waals surface area contributed by atoms with Crippen LogP contribution in [0.1, 0.15) is 23.2 Å². The summed E-state index contributed by atoms with van der Waals surface area (Å²) in [6, 6.07) is 27.5. The molecule has 5 aromatic rings. The quantitative estimate of drug-likeness (QED) is 0.380. The first-order valence-corrected chi connectivity index (χ1v) is 10.5. The monoisotopic (exact) mass is 417 g/mol. The van der Waals surface area contributed by atoms with Crippen molar-refractivity contribution in [3.05, 3.63) is 102 Å². The molecule has 0 saturated heterocycles. The molecule has 5 nitrogen and oxygen atoms in total. The van der Waals surface area contributed by atoms with Gasteiger partial charge in [-0.1, -0.05) is 78.0 Å². The van der Waals surface area contributed by atoms with Gasteiger partial charge in [0, 0.05) is 17.2 Å². The molecule has 1 aliphatic rings. The number of phenols is 1. The van der Waals surface area contributed by atoms with Gasteiger partial charge in [0.25, 0.3) is 0 Å². The van der Waals surface area contributed by atoms with Crippen molar-refractivity contribution in [2.45, 2.75) is 13.0 Å². The molecule has 1 aromatic heterocycles. The van der Waals surface area contributed by atoms with Crippen molar-refractivity contribution >= 4 is 38.9 Å². The van der Waals surface area contributed by atoms with Crippen LogP contribution in [0.3, 0.4) is 0 Å². The molecule has 0 spiro atoms. The summed E-state index contributed by atoms with van der Waals surface area (Å²) < 4.78 is 5.81. The standard InChI is InChI=1S/C27H19N3O2/c31-26-19-13-7-8-14-20(19)27-24-23(26)21(29-18-11-5-2-6-12-18)15-22(25(24)30-32-27)28-16-17-9-3-1-4-10-17/h1-14,31H,15-16H2. The Kier molecular flexibility index (Phi) is 4.32. The second-order valence-electron chi connectivity index (χ2n) is 7.82. The van der Waals surface area contributed by atoms with E-state index < -0.39 is 0 Å². The van der Waals surface area contributed by atoms with Gasteiger partial charge in [-0.2, -0.15) is 0 Å². The maximum atomic E-state index is 11.3. The highest BCUT2D eigenvalue weighted by Crippen LogP contribution is 2.42. The fraction of sp³-hybridized carbons (Fsp3) is 0.0741. The molecular formula is C27H19N3O2. The lowest BCUT2D eigenvalue weighted by Crippen LogP contribution is -2.18. The molecule has 0 aliphatic heterocycles. The van der Waals surface area contributed by atoms with Gasteiger partial charge < -0.3 is 9.63 Å². The Bertz CT molecular complexity index is 1520. The lowest BCUT2D eigenvalue weighted by Gasteiger charge is -2.18. The molecule has 0 radical (unpaired) electrons. The predicted molar refractivity (Wildman–Crippen MR) is 127 cm³/mol. The van der Waals surface area contributed by atoms with Gasteiger partial charge in [0.2, 0.25) is 0 Å². The molecule has 0 bridgehead atoms. The van der Waals surface area contributed by atoms with E-state index in [1.165, 1.54) is 0 Å². The highest BCUT2D eigenvalue weighted by molar-refractivity contribution is 6.34. The van der Waals surface area contributed by atoms with E-state index in [1.54, 1.807) is 0 Å². The Balaban J connectivity index is 1.61. The number of rotatable bonds is 3. The number of aromatic hydroxyl groups is 1. The molecular weight excluding hydrogens is 398 g/mol. The minimum Gasteiger partial charge on any atom is -0.507 e. The third-order valence-electron chi connectivity index (χ3n) is 5.82. The third-order valence-corrected chi connectivity index (χ3v) is 5.82. The van der Waals surface area contributed by atoms with E-state index >= 15 is 0 Å². The number of phenolic OH excluding ortho intramolecular Hbond substituents is 1. The van der Waals surface area contributed by atoms with Crippen molar-refractivity contribution in [1.82, 2.24) is 5.16 Å². The second kappa shape index (κ2) is 7.46. The number of hydrogen-bond donors (Lipinski definition) is 1. The van der Waals surface area contributed by atoms with Crippen LogP contribution in [0.15, 0.2) is 99.4 Å². The molecule has 154 valence electrons. The number of aromatic nitrogens is 1. The zero-order valence-electron chi connectivity index (χ0n) is 17.2. The average molecular weight is 417 g/mol. The molecule has 1 N–H and O–H groups in total. The van der Waals surface area contributed by atoms with Crippen molar-refractivity contribution < 1.29 is 9.63 Å². The first-order valence-electron chi connectivity index (χ1n) is 10.5. The normalized spacial score (nSPS) is 15.8. The Morgan fingerprint density at radius 3 is 2.28 bits per heavy atom. The van der Waals surface area contributed by atoms with Crippen LogP contribution >= 0.6 is 0 Å². The van der Waals surface area contributed by atoms with Crippen molar-refractivity contribution in [3.63, 3.8) is 0 Å². The SMILES string of the molecule is Oc1c2c3c(noc3c3ccccc13)C(=NCc1ccccc1)CC2=Nc1ccccc1. The van der Waals surface area contributed by atoms with Crippen molar-refractivity contribution in [2.24, 2.45) is 9.98 Å². The molecule has 5 heteroatoms. The summed E-state index contributed by atoms with van der Waals surface area (Å²) in [6.07, 6.45) is 0.461. The molecule has 0 amide bonds. The highest BCUT2D eigenvalue weighted by Gasteiger charge is 2.31. The Morgan fingerprint density at radius 2 is 1.50 bits per heavy atom. The maximum Gasteiger partial charge on any atom is 0.176 e. The van der Waals surface area contributed by atoms with Crippen LogP contribution in [-0.2, 0) is 6.54 Å². The van der Waals surface area contributed by atoms with Crippen LogP contribution in [-0.4, -0.2) is 21.7 Å². The number of hydrogen-bond acceptors (Lipinski definition) is 5. The van der Waals surface area contributed by atoms with E-state index in [0.29, 0.717) is 29.8 Å². The number of benzene rings is 4. The van der Waals surface area contributed by atoms with E-state index in [2.05, 4.69) is 17.3 Å². The molecule has 4 aromatic carbocycles. The van der Waals surface area contributed by atoms with Crippen LogP contribution in [0.2, 0.25) is 0 Å². The van der Waals surface area contributed by atoms with Crippen molar-refractivity contribution in [2.75, 3.05) is 0 Å². The van der Waals surface area contributed by atoms with Crippen LogP contribution in [0, 0.1) is 0 Å². The lowest BCUT2D eigenvalue weighted by molar-refractivity contribution is 0.456. The summed E-state index contributed by atoms with van der Waals surface area (Å²) in [6.45, 7) is 0.540. The summed E-state index contributed by atoms with van der Waals surface area (Å²) in [5.41, 5.74) is 5.52. The average Bonchev–Trinajstić information content (AvgIpc) is 3.29. The molecule has 0 fully saturated rings. The minimum atomic E-state index is 0.203. The summed E-state index contributed by atoms with van der Waals surface area (Å²) >= 11 is 0. The first-order chi connectivity index (χ1) is 15.8. The summed E-state index contributed by atoms with van der Waals surface area (Å²) in [5.74, 6) is 0.203. The molecule has 1 aliphatic carbocycles. The van der Waals surface area contributed by atoms with Gasteiger partial charge in [0.15, 0.2) is 5.58 Å². The molecule has 32 heavy (non-hydrogen) atoms. The summed E-state index contributed by atoms with van der Waals surface area (Å²) in [5, 5.41) is 18.0. The number of nitrogens with zero attached hydrogens (tertiary/aromatic N) is 3. The Morgan fingerprint density at radius 1 is 0.812 bits per heavy atom. The fourth-order valence-electron chi connectivity index (χ4n) is 4.31. The van der Waals surface area contributed by atoms with Gasteiger partial charge >= 0.3 is 0 Å². The van der Waals surface area contributed by atoms with Gasteiger partial charge in [-0.3, -0.25) is 9.98 Å². The number of para-hydroxylation sites is 1. The fourth-order valence-corrected chi connectivity index (χ4v) is 4.31. The largest absolute Gasteiger partial charge is 0.507 e. The van der Waals surface area contributed by atoms with Crippen LogP contribution in [0.5, 0.6) is 5.75 Å². The number of aliphatic imine (C=N–C) groups is 2. The zero-order valence-corrected chi connectivity index (χ0v) is 17.2. The molecule has 1 heterocycles. The van der Waals surface area contributed by atoms with E-state index in [-0.39, 0.29) is 5.75 Å². The number of fused-ring (bicyclic) bond motifs is 2. The maximum absolute atomic E-state index is 11.3. The highest BCUT2D eigenvalue weighted by atomic mass is 16.5. The van der Waals surface area contributed by atoms with Crippen LogP contribution in [0.4, 0.5) is 5.69 Å². The van der Waals surface area contributed by atoms with E-state index in [1.807, 2.05) is 72.8 Å². The summed E-state index contributed by atoms with van der Waals surface area (Å²) in [7, 11) is 0. The van der Waals surface area contributed by atoms with Gasteiger partial charge in [-0.05, 0) is 17.7 Å². The molecule has 0 unspecified atom stereocenters. The van der Waals surface area contributed by atoms with E-state index in [0.717, 1.165) is 38.8 Å². The van der Waals surface area contributed by atoms with Gasteiger partial charge in [0.05, 0.1) is 34.6 Å². The third kappa shape index (κ3) is 2.98. The first kappa shape index (κ1) is 18.5. The minimum absolute atomic E-state index is 0.203. The predicted octanol–water partition coefficient (Wildman–Crippen LogP) is 6.20. The van der Waals surface area contributed by atoms with E-state index in [4.69, 9.17) is 14.5 Å². The van der Waals surface area contributed by atoms with Gasteiger partial charge in [-0.15, -0.1) is 0 Å². The van der Waals surface area contributed by atoms with E-state index in [9.17, 15) is 5.11 Å². The zero-order chi connectivity index (χ0) is 21.5. The van der Waals surface area contributed by atoms with Crippen LogP contribution in [0.25, 0.3) is 21.7 Å². The Hall–Kier alpha value is -4.25. The summed E-state index contributed by atoms with van der Waals surface area (Å²) in [4.78, 5) is 9.78. The second-order valence-corrected chi connectivity index (χ2v) is 7.82. The lowest BCUT2D eigenvalue weighted by atomic mass is 9.88. The van der Waals surface area contributed by atoms with Gasteiger partial charge in [0.1, 0.15) is 11.4 Å². The van der Waals surface area contributed by atoms with Crippen LogP contribution < -0.4 is 0 Å². The van der Waals surface area contributed by atoms with Crippen molar-refractivity contribution in [1.29, 1.82) is 0 Å². The molecule has 0 atom stereocenters. The van der Waals surface area contributed by atoms with Crippen molar-refractivity contribution in [3.8, 4) is 5.75 Å². The topological polar surface area (TPSA) is 71.0 Å². The van der Waals surface area contributed by atoms with Gasteiger partial charge in [-0.25, -0.2) is 0 Å². The smallest absolute Gasteiger partial charge is 0.176 e. The molecule has 0 saturated carbocycles. The Labute approximate surface area is 184 Å². The molecule has 6 rings (SSSR count).